The molecule has 0 aliphatic carbocycles. The van der Waals surface area contributed by atoms with Crippen LogP contribution in [-0.4, -0.2) is 47.5 Å². The lowest BCUT2D eigenvalue weighted by Gasteiger charge is -2.18. The van der Waals surface area contributed by atoms with E-state index in [1.165, 1.54) is 4.90 Å². The lowest BCUT2D eigenvalue weighted by Crippen LogP contribution is -2.38. The lowest BCUT2D eigenvalue weighted by molar-refractivity contribution is -0.136. The van der Waals surface area contributed by atoms with Crippen LogP contribution in [0.1, 0.15) is 24.6 Å². The van der Waals surface area contributed by atoms with E-state index in [2.05, 4.69) is 10.3 Å². The minimum Gasteiger partial charge on any atom is -0.462 e. The van der Waals surface area contributed by atoms with Crippen molar-refractivity contribution in [3.8, 4) is 0 Å². The monoisotopic (exact) mass is 375 g/mol. The second-order valence-electron chi connectivity index (χ2n) is 6.01. The van der Waals surface area contributed by atoms with Crippen molar-refractivity contribution in [2.24, 2.45) is 0 Å². The zero-order valence-electron chi connectivity index (χ0n) is 14.7. The van der Waals surface area contributed by atoms with Crippen molar-refractivity contribution in [3.63, 3.8) is 0 Å². The van der Waals surface area contributed by atoms with Crippen LogP contribution in [0.3, 0.4) is 0 Å². The van der Waals surface area contributed by atoms with E-state index in [9.17, 15) is 9.59 Å². The van der Waals surface area contributed by atoms with Crippen molar-refractivity contribution in [1.82, 2.24) is 15.2 Å². The number of esters is 1. The Hall–Kier alpha value is -2.47. The highest BCUT2D eigenvalue weighted by molar-refractivity contribution is 6.18. The number of ether oxygens (including phenoxy) is 1. The van der Waals surface area contributed by atoms with Crippen LogP contribution in [-0.2, 0) is 16.0 Å². The molecule has 0 spiro atoms. The maximum atomic E-state index is 12.5. The van der Waals surface area contributed by atoms with Crippen LogP contribution in [0.15, 0.2) is 30.5 Å². The third-order valence-electron chi connectivity index (χ3n) is 4.31. The molecule has 1 aliphatic rings. The fourth-order valence-corrected chi connectivity index (χ4v) is 3.23. The summed E-state index contributed by atoms with van der Waals surface area (Å²) in [6.45, 7) is 3.01. The van der Waals surface area contributed by atoms with Crippen LogP contribution in [0.2, 0.25) is 0 Å². The van der Waals surface area contributed by atoms with E-state index in [4.69, 9.17) is 16.3 Å². The number of rotatable bonds is 5. The van der Waals surface area contributed by atoms with Gasteiger partial charge in [-0.15, -0.1) is 11.6 Å². The van der Waals surface area contributed by atoms with E-state index < -0.39 is 5.97 Å². The minimum absolute atomic E-state index is 0.244. The van der Waals surface area contributed by atoms with E-state index in [-0.39, 0.29) is 12.6 Å². The van der Waals surface area contributed by atoms with Crippen molar-refractivity contribution in [1.29, 1.82) is 0 Å². The molecule has 6 nitrogen and oxygen atoms in total. The number of aromatic nitrogens is 1. The number of aromatic amines is 1. The number of fused-ring (bicyclic) bond motifs is 3. The molecule has 26 heavy (non-hydrogen) atoms. The van der Waals surface area contributed by atoms with Gasteiger partial charge in [-0.1, -0.05) is 18.2 Å². The Kier molecular flexibility index (Phi) is 5.83. The maximum absolute atomic E-state index is 12.5. The molecule has 0 radical (unpaired) electrons. The number of carbonyl (C=O) groups is 2. The smallest absolute Gasteiger partial charge is 0.341 e. The number of carbonyl (C=O) groups excluding carboxylic acids is 2. The van der Waals surface area contributed by atoms with Gasteiger partial charge in [-0.25, -0.2) is 9.59 Å². The van der Waals surface area contributed by atoms with E-state index in [0.29, 0.717) is 37.4 Å². The second kappa shape index (κ2) is 8.27. The molecule has 0 saturated heterocycles. The lowest BCUT2D eigenvalue weighted by atomic mass is 10.0. The minimum atomic E-state index is -0.444. The summed E-state index contributed by atoms with van der Waals surface area (Å²) in [5.74, 6) is 0.0431. The number of hydrogen-bond donors (Lipinski definition) is 2. The Bertz CT molecular complexity index is 844. The molecular formula is C19H22ClN3O3. The summed E-state index contributed by atoms with van der Waals surface area (Å²) in [5, 5.41) is 3.88. The largest absolute Gasteiger partial charge is 0.462 e. The van der Waals surface area contributed by atoms with Crippen molar-refractivity contribution in [2.45, 2.75) is 19.8 Å². The number of nitrogens with one attached hydrogen (secondary N) is 2. The van der Waals surface area contributed by atoms with Crippen LogP contribution in [0.4, 0.5) is 4.79 Å². The Balaban J connectivity index is 1.97. The SMILES string of the molecule is CCOC(=O)C1=CN(C(=O)NCCCCl)CCc2c1[nH]c1ccccc21. The maximum Gasteiger partial charge on any atom is 0.341 e. The molecule has 0 atom stereocenters. The van der Waals surface area contributed by atoms with Crippen molar-refractivity contribution in [2.75, 3.05) is 25.6 Å². The number of nitrogens with zero attached hydrogens (tertiary/aromatic N) is 1. The van der Waals surface area contributed by atoms with Gasteiger partial charge in [-0.2, -0.15) is 0 Å². The average molecular weight is 376 g/mol. The topological polar surface area (TPSA) is 74.4 Å². The van der Waals surface area contributed by atoms with Crippen LogP contribution in [0.5, 0.6) is 0 Å². The summed E-state index contributed by atoms with van der Waals surface area (Å²) in [4.78, 5) is 29.8. The summed E-state index contributed by atoms with van der Waals surface area (Å²) in [7, 11) is 0. The third kappa shape index (κ3) is 3.70. The Labute approximate surface area is 157 Å². The van der Waals surface area contributed by atoms with Crippen LogP contribution in [0, 0.1) is 0 Å². The van der Waals surface area contributed by atoms with E-state index in [0.717, 1.165) is 22.2 Å². The van der Waals surface area contributed by atoms with Gasteiger partial charge in [0.2, 0.25) is 0 Å². The molecule has 0 unspecified atom stereocenters. The number of H-pyrrole nitrogens is 1. The molecule has 138 valence electrons. The normalized spacial score (nSPS) is 13.8. The van der Waals surface area contributed by atoms with Crippen molar-refractivity contribution >= 4 is 40.1 Å². The first-order valence-corrected chi connectivity index (χ1v) is 9.28. The third-order valence-corrected chi connectivity index (χ3v) is 4.58. The number of hydrogen-bond acceptors (Lipinski definition) is 3. The first kappa shape index (κ1) is 18.3. The molecule has 1 aromatic carbocycles. The predicted molar refractivity (Wildman–Crippen MR) is 102 cm³/mol. The number of urea groups is 1. The van der Waals surface area contributed by atoms with Gasteiger partial charge < -0.3 is 15.0 Å². The highest BCUT2D eigenvalue weighted by Crippen LogP contribution is 2.31. The fraction of sp³-hybridized carbons (Fsp3) is 0.368. The van der Waals surface area contributed by atoms with Gasteiger partial charge in [0, 0.05) is 36.1 Å². The van der Waals surface area contributed by atoms with Gasteiger partial charge in [0.05, 0.1) is 17.9 Å². The number of benzene rings is 1. The van der Waals surface area contributed by atoms with Gasteiger partial charge in [0.15, 0.2) is 0 Å². The molecule has 2 amide bonds. The average Bonchev–Trinajstić information content (AvgIpc) is 2.89. The molecule has 0 bridgehead atoms. The molecule has 3 rings (SSSR count). The van der Waals surface area contributed by atoms with E-state index >= 15 is 0 Å². The Morgan fingerprint density at radius 3 is 2.92 bits per heavy atom. The van der Waals surface area contributed by atoms with Crippen LogP contribution >= 0.6 is 11.6 Å². The Morgan fingerprint density at radius 2 is 2.15 bits per heavy atom. The number of halogens is 1. The molecular weight excluding hydrogens is 354 g/mol. The summed E-state index contributed by atoms with van der Waals surface area (Å²) in [5.41, 5.74) is 3.08. The molecule has 2 aromatic rings. The van der Waals surface area contributed by atoms with Crippen LogP contribution in [0.25, 0.3) is 16.5 Å². The Morgan fingerprint density at radius 1 is 1.35 bits per heavy atom. The van der Waals surface area contributed by atoms with Gasteiger partial charge >= 0.3 is 12.0 Å². The fourth-order valence-electron chi connectivity index (χ4n) is 3.09. The number of alkyl halides is 1. The van der Waals surface area contributed by atoms with Gasteiger partial charge in [-0.3, -0.25) is 4.90 Å². The van der Waals surface area contributed by atoms with E-state index in [1.807, 2.05) is 24.3 Å². The molecule has 2 heterocycles. The number of para-hydroxylation sites is 1. The van der Waals surface area contributed by atoms with Gasteiger partial charge in [0.1, 0.15) is 0 Å². The van der Waals surface area contributed by atoms with Crippen LogP contribution < -0.4 is 5.32 Å². The molecule has 1 aliphatic heterocycles. The molecule has 0 saturated carbocycles. The van der Waals surface area contributed by atoms with Gasteiger partial charge in [-0.05, 0) is 31.4 Å². The van der Waals surface area contributed by atoms with Crippen molar-refractivity contribution < 1.29 is 14.3 Å². The zero-order chi connectivity index (χ0) is 18.5. The summed E-state index contributed by atoms with van der Waals surface area (Å²) in [6, 6.07) is 7.66. The quantitative estimate of drug-likeness (QED) is 0.478. The molecule has 2 N–H and O–H groups in total. The van der Waals surface area contributed by atoms with Crippen molar-refractivity contribution in [3.05, 3.63) is 41.7 Å². The van der Waals surface area contributed by atoms with Gasteiger partial charge in [0.25, 0.3) is 0 Å². The van der Waals surface area contributed by atoms with E-state index in [1.54, 1.807) is 13.1 Å². The molecule has 7 heteroatoms. The number of amides is 2. The first-order chi connectivity index (χ1) is 12.7. The summed E-state index contributed by atoms with van der Waals surface area (Å²) < 4.78 is 5.21. The predicted octanol–water partition coefficient (Wildman–Crippen LogP) is 3.27. The summed E-state index contributed by atoms with van der Waals surface area (Å²) >= 11 is 5.66. The first-order valence-electron chi connectivity index (χ1n) is 8.75. The summed E-state index contributed by atoms with van der Waals surface area (Å²) in [6.07, 6.45) is 2.91. The highest BCUT2D eigenvalue weighted by atomic mass is 35.5. The molecule has 0 fully saturated rings. The zero-order valence-corrected chi connectivity index (χ0v) is 15.4. The second-order valence-corrected chi connectivity index (χ2v) is 6.38. The molecule has 1 aromatic heterocycles. The standard InChI is InChI=1S/C19H22ClN3O3/c1-2-26-18(24)15-12-23(19(25)21-10-5-9-20)11-8-14-13-6-3-4-7-16(13)22-17(14)15/h3-4,6-7,12,22H,2,5,8-11H2,1H3,(H,21,25). The highest BCUT2D eigenvalue weighted by Gasteiger charge is 2.27.